The molecule has 1 N–H and O–H groups in total. The number of amides is 1. The number of aromatic nitrogens is 2. The van der Waals surface area contributed by atoms with Crippen LogP contribution < -0.4 is 4.90 Å². The van der Waals surface area contributed by atoms with E-state index in [0.717, 1.165) is 18.1 Å². The Kier molecular flexibility index (Phi) is 1.58. The number of hydrogen-bond donors (Lipinski definition) is 1. The Morgan fingerprint density at radius 3 is 3.18 bits per heavy atom. The zero-order valence-electron chi connectivity index (χ0n) is 5.78. The molecule has 0 aliphatic carbocycles. The van der Waals surface area contributed by atoms with E-state index >= 15 is 0 Å². The summed E-state index contributed by atoms with van der Waals surface area (Å²) in [4.78, 5) is 12.8. The monoisotopic (exact) mass is 169 g/mol. The fraction of sp³-hybridized carbons (Fsp3) is 0.333. The lowest BCUT2D eigenvalue weighted by atomic mass is 10.5. The smallest absolute Gasteiger partial charge is 0.287 e. The molecule has 0 spiro atoms. The van der Waals surface area contributed by atoms with Crippen LogP contribution in [0, 0.1) is 0 Å². The first-order valence-corrected chi connectivity index (χ1v) is 4.30. The number of hydrogen-bond acceptors (Lipinski definition) is 3. The van der Waals surface area contributed by atoms with Gasteiger partial charge in [0.2, 0.25) is 0 Å². The Balaban J connectivity index is 2.23. The summed E-state index contributed by atoms with van der Waals surface area (Å²) >= 11 is 1.34. The quantitative estimate of drug-likeness (QED) is 0.684. The van der Waals surface area contributed by atoms with Crippen LogP contribution in [0.2, 0.25) is 0 Å². The van der Waals surface area contributed by atoms with Gasteiger partial charge in [0, 0.05) is 18.4 Å². The molecule has 1 aromatic heterocycles. The van der Waals surface area contributed by atoms with Gasteiger partial charge in [-0.3, -0.25) is 14.8 Å². The normalized spacial score (nSPS) is 17.8. The van der Waals surface area contributed by atoms with E-state index < -0.39 is 0 Å². The van der Waals surface area contributed by atoms with E-state index in [9.17, 15) is 4.79 Å². The topological polar surface area (TPSA) is 49.0 Å². The minimum atomic E-state index is 0.106. The Morgan fingerprint density at radius 1 is 1.73 bits per heavy atom. The lowest BCUT2D eigenvalue weighted by Crippen LogP contribution is -2.22. The van der Waals surface area contributed by atoms with Crippen LogP contribution in [-0.2, 0) is 0 Å². The molecule has 2 rings (SSSR count). The molecule has 1 aliphatic rings. The van der Waals surface area contributed by atoms with Crippen molar-refractivity contribution in [3.8, 4) is 0 Å². The molecule has 1 fully saturated rings. The summed E-state index contributed by atoms with van der Waals surface area (Å²) in [5.41, 5.74) is 0. The van der Waals surface area contributed by atoms with E-state index in [2.05, 4.69) is 10.2 Å². The van der Waals surface area contributed by atoms with Crippen molar-refractivity contribution in [3.63, 3.8) is 0 Å². The van der Waals surface area contributed by atoms with E-state index in [0.29, 0.717) is 0 Å². The lowest BCUT2D eigenvalue weighted by molar-refractivity contribution is 0.266. The molecule has 0 bridgehead atoms. The molecule has 11 heavy (non-hydrogen) atoms. The van der Waals surface area contributed by atoms with Gasteiger partial charge in [0.25, 0.3) is 5.24 Å². The maximum Gasteiger partial charge on any atom is 0.287 e. The van der Waals surface area contributed by atoms with Crippen molar-refractivity contribution < 1.29 is 4.79 Å². The molecule has 0 radical (unpaired) electrons. The van der Waals surface area contributed by atoms with Gasteiger partial charge in [-0.05, 0) is 0 Å². The third-order valence-corrected chi connectivity index (χ3v) is 2.39. The van der Waals surface area contributed by atoms with E-state index in [1.165, 1.54) is 11.8 Å². The number of nitrogens with one attached hydrogen (secondary N) is 1. The van der Waals surface area contributed by atoms with Crippen molar-refractivity contribution in [1.82, 2.24) is 10.2 Å². The molecule has 1 aromatic rings. The first kappa shape index (κ1) is 6.72. The van der Waals surface area contributed by atoms with Crippen LogP contribution in [0.3, 0.4) is 0 Å². The van der Waals surface area contributed by atoms with Crippen LogP contribution in [0.5, 0.6) is 0 Å². The van der Waals surface area contributed by atoms with Gasteiger partial charge in [0.05, 0.1) is 6.20 Å². The average molecular weight is 169 g/mol. The first-order chi connectivity index (χ1) is 5.38. The molecule has 58 valence electrons. The van der Waals surface area contributed by atoms with Gasteiger partial charge < -0.3 is 0 Å². The third-order valence-electron chi connectivity index (χ3n) is 1.54. The predicted octanol–water partition coefficient (Wildman–Crippen LogP) is 1.08. The summed E-state index contributed by atoms with van der Waals surface area (Å²) in [5, 5.41) is 6.63. The van der Waals surface area contributed by atoms with Gasteiger partial charge in [0.1, 0.15) is 5.82 Å². The molecule has 0 saturated carbocycles. The van der Waals surface area contributed by atoms with Crippen molar-refractivity contribution in [2.75, 3.05) is 17.2 Å². The molecule has 1 amide bonds. The second-order valence-corrected chi connectivity index (χ2v) is 3.25. The Morgan fingerprint density at radius 2 is 2.64 bits per heavy atom. The van der Waals surface area contributed by atoms with Crippen molar-refractivity contribution in [1.29, 1.82) is 0 Å². The minimum absolute atomic E-state index is 0.106. The fourth-order valence-corrected chi connectivity index (χ4v) is 1.81. The highest BCUT2D eigenvalue weighted by molar-refractivity contribution is 8.14. The standard InChI is InChI=1S/C6H7N3OS/c10-6-9(3-4-11-6)5-1-2-7-8-5/h1-2H,3-4H2,(H,7,8). The van der Waals surface area contributed by atoms with Crippen molar-refractivity contribution in [2.45, 2.75) is 0 Å². The van der Waals surface area contributed by atoms with Crippen LogP contribution in [0.15, 0.2) is 12.3 Å². The fourth-order valence-electron chi connectivity index (χ4n) is 1.01. The Labute approximate surface area is 68.0 Å². The highest BCUT2D eigenvalue weighted by Gasteiger charge is 2.22. The number of nitrogens with zero attached hydrogens (tertiary/aromatic N) is 2. The third kappa shape index (κ3) is 1.11. The molecule has 1 aliphatic heterocycles. The van der Waals surface area contributed by atoms with E-state index in [1.54, 1.807) is 17.2 Å². The number of anilines is 1. The predicted molar refractivity (Wildman–Crippen MR) is 43.8 cm³/mol. The highest BCUT2D eigenvalue weighted by Crippen LogP contribution is 2.22. The molecular weight excluding hydrogens is 162 g/mol. The zero-order chi connectivity index (χ0) is 7.68. The van der Waals surface area contributed by atoms with Gasteiger partial charge in [0.15, 0.2) is 0 Å². The molecule has 0 unspecified atom stereocenters. The molecule has 0 aromatic carbocycles. The van der Waals surface area contributed by atoms with E-state index in [1.807, 2.05) is 0 Å². The summed E-state index contributed by atoms with van der Waals surface area (Å²) < 4.78 is 0. The van der Waals surface area contributed by atoms with Crippen LogP contribution in [0.25, 0.3) is 0 Å². The van der Waals surface area contributed by atoms with Crippen LogP contribution in [-0.4, -0.2) is 27.7 Å². The highest BCUT2D eigenvalue weighted by atomic mass is 32.2. The molecule has 4 nitrogen and oxygen atoms in total. The zero-order valence-corrected chi connectivity index (χ0v) is 6.60. The minimum Gasteiger partial charge on any atom is -0.287 e. The largest absolute Gasteiger partial charge is 0.287 e. The maximum absolute atomic E-state index is 11.1. The van der Waals surface area contributed by atoms with Crippen molar-refractivity contribution in [3.05, 3.63) is 12.3 Å². The van der Waals surface area contributed by atoms with Gasteiger partial charge >= 0.3 is 0 Å². The Hall–Kier alpha value is -0.970. The van der Waals surface area contributed by atoms with Crippen molar-refractivity contribution >= 4 is 22.8 Å². The van der Waals surface area contributed by atoms with Crippen LogP contribution >= 0.6 is 11.8 Å². The van der Waals surface area contributed by atoms with E-state index in [-0.39, 0.29) is 5.24 Å². The number of aromatic amines is 1. The average Bonchev–Trinajstić information content (AvgIpc) is 2.55. The lowest BCUT2D eigenvalue weighted by Gasteiger charge is -2.09. The van der Waals surface area contributed by atoms with E-state index in [4.69, 9.17) is 0 Å². The molecule has 0 atom stereocenters. The SMILES string of the molecule is O=C1SCCN1c1ccn[nH]1. The van der Waals surface area contributed by atoms with Crippen LogP contribution in [0.1, 0.15) is 0 Å². The van der Waals surface area contributed by atoms with Gasteiger partial charge in [-0.25, -0.2) is 0 Å². The summed E-state index contributed by atoms with van der Waals surface area (Å²) in [7, 11) is 0. The van der Waals surface area contributed by atoms with Crippen LogP contribution in [0.4, 0.5) is 10.6 Å². The first-order valence-electron chi connectivity index (χ1n) is 3.31. The molecule has 2 heterocycles. The summed E-state index contributed by atoms with van der Waals surface area (Å²) in [6.07, 6.45) is 1.64. The van der Waals surface area contributed by atoms with Crippen molar-refractivity contribution in [2.24, 2.45) is 0 Å². The summed E-state index contributed by atoms with van der Waals surface area (Å²) in [6.45, 7) is 0.783. The molecule has 5 heteroatoms. The second kappa shape index (κ2) is 2.58. The molecule has 1 saturated heterocycles. The van der Waals surface area contributed by atoms with Gasteiger partial charge in [-0.2, -0.15) is 5.10 Å². The number of carbonyl (C=O) groups is 1. The number of thioether (sulfide) groups is 1. The van der Waals surface area contributed by atoms with Gasteiger partial charge in [-0.1, -0.05) is 11.8 Å². The second-order valence-electron chi connectivity index (χ2n) is 2.21. The number of H-pyrrole nitrogens is 1. The summed E-state index contributed by atoms with van der Waals surface area (Å²) in [6, 6.07) is 1.80. The Bertz CT molecular complexity index is 259. The summed E-state index contributed by atoms with van der Waals surface area (Å²) in [5.74, 6) is 1.66. The molecular formula is C6H7N3OS. The number of rotatable bonds is 1. The van der Waals surface area contributed by atoms with Gasteiger partial charge in [-0.15, -0.1) is 0 Å². The number of carbonyl (C=O) groups excluding carboxylic acids is 1. The maximum atomic E-state index is 11.1.